The molecule has 0 aliphatic carbocycles. The summed E-state index contributed by atoms with van der Waals surface area (Å²) in [6.45, 7) is 4.26. The molecule has 0 spiro atoms. The van der Waals surface area contributed by atoms with Crippen molar-refractivity contribution in [2.45, 2.75) is 26.4 Å². The first-order chi connectivity index (χ1) is 13.5. The monoisotopic (exact) mass is 408 g/mol. The second-order valence-corrected chi connectivity index (χ2v) is 6.86. The molecule has 1 fully saturated rings. The van der Waals surface area contributed by atoms with Crippen molar-refractivity contribution in [1.29, 1.82) is 0 Å². The van der Waals surface area contributed by atoms with E-state index in [4.69, 9.17) is 16.3 Å². The summed E-state index contributed by atoms with van der Waals surface area (Å²) >= 11 is 5.76. The summed E-state index contributed by atoms with van der Waals surface area (Å²) < 4.78 is 20.0. The van der Waals surface area contributed by atoms with Crippen molar-refractivity contribution in [3.05, 3.63) is 56.7 Å². The second kappa shape index (κ2) is 9.16. The zero-order valence-corrected chi connectivity index (χ0v) is 16.3. The number of nitrogens with zero attached hydrogens (tertiary/aromatic N) is 3. The van der Waals surface area contributed by atoms with Gasteiger partial charge in [0.15, 0.2) is 0 Å². The van der Waals surface area contributed by atoms with Crippen molar-refractivity contribution in [2.24, 2.45) is 0 Å². The Hall–Kier alpha value is -2.45. The van der Waals surface area contributed by atoms with Gasteiger partial charge in [-0.15, -0.1) is 0 Å². The van der Waals surface area contributed by atoms with Crippen molar-refractivity contribution in [3.8, 4) is 0 Å². The normalized spacial score (nSPS) is 14.2. The molecule has 7 nitrogen and oxygen atoms in total. The van der Waals surface area contributed by atoms with Gasteiger partial charge < -0.3 is 15.0 Å². The zero-order chi connectivity index (χ0) is 20.1. The fourth-order valence-electron chi connectivity index (χ4n) is 2.92. The van der Waals surface area contributed by atoms with Crippen LogP contribution in [0.2, 0.25) is 5.02 Å². The number of carbonyl (C=O) groups excluding carboxylic acids is 1. The Balaban J connectivity index is 1.75. The molecular weight excluding hydrogens is 387 g/mol. The highest BCUT2D eigenvalue weighted by atomic mass is 35.5. The minimum absolute atomic E-state index is 0.00285. The molecule has 2 aromatic rings. The van der Waals surface area contributed by atoms with Gasteiger partial charge in [-0.05, 0) is 24.1 Å². The van der Waals surface area contributed by atoms with Gasteiger partial charge in [0.25, 0.3) is 5.56 Å². The first kappa shape index (κ1) is 20.3. The van der Waals surface area contributed by atoms with Crippen LogP contribution < -0.4 is 15.8 Å². The molecule has 1 N–H and O–H groups in total. The molecule has 1 aromatic heterocycles. The third-order valence-electron chi connectivity index (χ3n) is 4.47. The van der Waals surface area contributed by atoms with Crippen LogP contribution >= 0.6 is 11.6 Å². The molecule has 0 unspecified atom stereocenters. The molecule has 0 atom stereocenters. The summed E-state index contributed by atoms with van der Waals surface area (Å²) in [5, 5.41) is 2.73. The lowest BCUT2D eigenvalue weighted by atomic mass is 10.2. The second-order valence-electron chi connectivity index (χ2n) is 6.45. The highest BCUT2D eigenvalue weighted by Gasteiger charge is 2.19. The number of nitrogens with one attached hydrogen (secondary N) is 1. The van der Waals surface area contributed by atoms with E-state index in [1.165, 1.54) is 22.8 Å². The highest BCUT2D eigenvalue weighted by molar-refractivity contribution is 6.30. The van der Waals surface area contributed by atoms with E-state index < -0.39 is 5.82 Å². The summed E-state index contributed by atoms with van der Waals surface area (Å²) in [5.41, 5.74) is 1.08. The number of anilines is 1. The van der Waals surface area contributed by atoms with Crippen molar-refractivity contribution < 1.29 is 13.9 Å². The van der Waals surface area contributed by atoms with Gasteiger partial charge in [-0.1, -0.05) is 24.6 Å². The van der Waals surface area contributed by atoms with Crippen molar-refractivity contribution in [3.63, 3.8) is 0 Å². The standard InChI is InChI=1S/C19H22ClFN4O3/c1-2-14-10-18(27)25(19(23-14)24-5-7-28-8-6-24)12-17(26)22-11-13-3-4-16(21)15(20)9-13/h3-4,9-10H,2,5-8,11-12H2,1H3,(H,22,26). The molecule has 28 heavy (non-hydrogen) atoms. The molecule has 1 saturated heterocycles. The van der Waals surface area contributed by atoms with Crippen LogP contribution in [0.3, 0.4) is 0 Å². The van der Waals surface area contributed by atoms with E-state index in [1.54, 1.807) is 6.07 Å². The summed E-state index contributed by atoms with van der Waals surface area (Å²) in [6.07, 6.45) is 0.630. The van der Waals surface area contributed by atoms with Gasteiger partial charge in [0.1, 0.15) is 12.4 Å². The molecule has 1 aliphatic heterocycles. The van der Waals surface area contributed by atoms with Gasteiger partial charge in [0.2, 0.25) is 11.9 Å². The minimum atomic E-state index is -0.513. The van der Waals surface area contributed by atoms with Crippen LogP contribution in [-0.2, 0) is 29.0 Å². The Labute approximate surface area is 167 Å². The molecule has 2 heterocycles. The number of benzene rings is 1. The van der Waals surface area contributed by atoms with E-state index in [0.717, 1.165) is 0 Å². The quantitative estimate of drug-likeness (QED) is 0.788. The third-order valence-corrected chi connectivity index (χ3v) is 4.76. The summed E-state index contributed by atoms with van der Waals surface area (Å²) in [7, 11) is 0. The average molecular weight is 409 g/mol. The first-order valence-electron chi connectivity index (χ1n) is 9.12. The van der Waals surface area contributed by atoms with Crippen molar-refractivity contribution >= 4 is 23.5 Å². The molecule has 0 radical (unpaired) electrons. The summed E-state index contributed by atoms with van der Waals surface area (Å²) in [6, 6.07) is 5.71. The maximum atomic E-state index is 13.2. The zero-order valence-electron chi connectivity index (χ0n) is 15.6. The highest BCUT2D eigenvalue weighted by Crippen LogP contribution is 2.16. The number of aromatic nitrogens is 2. The Morgan fingerprint density at radius 1 is 1.32 bits per heavy atom. The lowest BCUT2D eigenvalue weighted by molar-refractivity contribution is -0.121. The van der Waals surface area contributed by atoms with E-state index in [9.17, 15) is 14.0 Å². The molecule has 1 amide bonds. The van der Waals surface area contributed by atoms with Gasteiger partial charge in [0.05, 0.1) is 18.2 Å². The molecule has 1 aromatic carbocycles. The summed E-state index contributed by atoms with van der Waals surface area (Å²) in [5.74, 6) is -0.378. The van der Waals surface area contributed by atoms with Crippen LogP contribution in [0.4, 0.5) is 10.3 Å². The Morgan fingerprint density at radius 2 is 2.07 bits per heavy atom. The number of morpholine rings is 1. The van der Waals surface area contributed by atoms with Crippen molar-refractivity contribution in [1.82, 2.24) is 14.9 Å². The van der Waals surface area contributed by atoms with E-state index in [0.29, 0.717) is 49.9 Å². The van der Waals surface area contributed by atoms with Gasteiger partial charge in [-0.2, -0.15) is 0 Å². The predicted octanol–water partition coefficient (Wildman–Crippen LogP) is 1.75. The van der Waals surface area contributed by atoms with Crippen LogP contribution in [0.5, 0.6) is 0 Å². The average Bonchev–Trinajstić information content (AvgIpc) is 2.70. The van der Waals surface area contributed by atoms with Crippen LogP contribution in [-0.4, -0.2) is 41.8 Å². The number of carbonyl (C=O) groups is 1. The maximum Gasteiger partial charge on any atom is 0.255 e. The maximum absolute atomic E-state index is 13.2. The lowest BCUT2D eigenvalue weighted by Crippen LogP contribution is -2.42. The fraction of sp³-hybridized carbons (Fsp3) is 0.421. The van der Waals surface area contributed by atoms with Gasteiger partial charge >= 0.3 is 0 Å². The third kappa shape index (κ3) is 4.88. The number of rotatable bonds is 6. The van der Waals surface area contributed by atoms with E-state index in [-0.39, 0.29) is 29.6 Å². The molecule has 0 bridgehead atoms. The number of aryl methyl sites for hydroxylation is 1. The fourth-order valence-corrected chi connectivity index (χ4v) is 3.13. The number of hydrogen-bond donors (Lipinski definition) is 1. The molecule has 1 aliphatic rings. The largest absolute Gasteiger partial charge is 0.378 e. The van der Waals surface area contributed by atoms with Crippen LogP contribution in [0.1, 0.15) is 18.2 Å². The van der Waals surface area contributed by atoms with Gasteiger partial charge in [0, 0.05) is 31.4 Å². The summed E-state index contributed by atoms with van der Waals surface area (Å²) in [4.78, 5) is 31.5. The number of amides is 1. The number of hydrogen-bond acceptors (Lipinski definition) is 5. The van der Waals surface area contributed by atoms with Gasteiger partial charge in [-0.3, -0.25) is 14.2 Å². The topological polar surface area (TPSA) is 76.5 Å². The SMILES string of the molecule is CCc1cc(=O)n(CC(=O)NCc2ccc(F)c(Cl)c2)c(N2CCOCC2)n1. The molecule has 0 saturated carbocycles. The number of ether oxygens (including phenoxy) is 1. The van der Waals surface area contributed by atoms with Crippen LogP contribution in [0.15, 0.2) is 29.1 Å². The Bertz CT molecular complexity index is 913. The first-order valence-corrected chi connectivity index (χ1v) is 9.49. The van der Waals surface area contributed by atoms with E-state index in [2.05, 4.69) is 10.3 Å². The smallest absolute Gasteiger partial charge is 0.255 e. The molecule has 150 valence electrons. The lowest BCUT2D eigenvalue weighted by Gasteiger charge is -2.29. The number of halogens is 2. The Morgan fingerprint density at radius 3 is 2.75 bits per heavy atom. The molecule has 3 rings (SSSR count). The minimum Gasteiger partial charge on any atom is -0.378 e. The van der Waals surface area contributed by atoms with Crippen LogP contribution in [0, 0.1) is 5.82 Å². The van der Waals surface area contributed by atoms with E-state index in [1.807, 2.05) is 11.8 Å². The van der Waals surface area contributed by atoms with Crippen LogP contribution in [0.25, 0.3) is 0 Å². The van der Waals surface area contributed by atoms with Crippen molar-refractivity contribution in [2.75, 3.05) is 31.2 Å². The molecule has 9 heteroatoms. The van der Waals surface area contributed by atoms with E-state index >= 15 is 0 Å². The Kier molecular flexibility index (Phi) is 6.64. The van der Waals surface area contributed by atoms with Gasteiger partial charge in [-0.25, -0.2) is 9.37 Å². The predicted molar refractivity (Wildman–Crippen MR) is 104 cm³/mol. The molecular formula is C19H22ClFN4O3.